The SMILES string of the molecule is O=P(/C=C(\Cl)c1ccccc1)(/C=C(/Cl)c1ccccc1)N(C1CCCCC1)C1CCCCC1. The van der Waals surface area contributed by atoms with Crippen LogP contribution in [0.3, 0.4) is 0 Å². The van der Waals surface area contributed by atoms with Gasteiger partial charge >= 0.3 is 0 Å². The summed E-state index contributed by atoms with van der Waals surface area (Å²) in [6, 6.07) is 20.3. The molecule has 0 heterocycles. The van der Waals surface area contributed by atoms with Crippen molar-refractivity contribution in [3.05, 3.63) is 83.4 Å². The molecule has 1 unspecified atom stereocenters. The fraction of sp³-hybridized carbons (Fsp3) is 0.429. The van der Waals surface area contributed by atoms with Crippen molar-refractivity contribution in [1.82, 2.24) is 4.67 Å². The Hall–Kier alpha value is -1.31. The summed E-state index contributed by atoms with van der Waals surface area (Å²) in [5.74, 6) is 3.64. The van der Waals surface area contributed by atoms with Crippen LogP contribution in [0.25, 0.3) is 10.1 Å². The van der Waals surface area contributed by atoms with Crippen molar-refractivity contribution in [2.24, 2.45) is 0 Å². The molecule has 2 aromatic rings. The van der Waals surface area contributed by atoms with Crippen LogP contribution in [-0.2, 0) is 4.57 Å². The third-order valence-corrected chi connectivity index (χ3v) is 10.5. The van der Waals surface area contributed by atoms with Gasteiger partial charge in [-0.15, -0.1) is 0 Å². The maximum absolute atomic E-state index is 15.1. The van der Waals surface area contributed by atoms with E-state index < -0.39 is 7.29 Å². The van der Waals surface area contributed by atoms with E-state index in [1.165, 1.54) is 38.5 Å². The van der Waals surface area contributed by atoms with Gasteiger partial charge in [-0.3, -0.25) is 4.57 Å². The highest BCUT2D eigenvalue weighted by Gasteiger charge is 2.39. The van der Waals surface area contributed by atoms with E-state index in [0.29, 0.717) is 22.1 Å². The number of rotatable bonds is 7. The van der Waals surface area contributed by atoms with Crippen LogP contribution >= 0.6 is 30.5 Å². The lowest BCUT2D eigenvalue weighted by Crippen LogP contribution is -2.42. The highest BCUT2D eigenvalue weighted by Crippen LogP contribution is 2.61. The van der Waals surface area contributed by atoms with E-state index in [0.717, 1.165) is 36.8 Å². The lowest BCUT2D eigenvalue weighted by molar-refractivity contribution is 0.170. The summed E-state index contributed by atoms with van der Waals surface area (Å²) in [5, 5.41) is 1.06. The molecule has 2 aliphatic carbocycles. The van der Waals surface area contributed by atoms with Crippen molar-refractivity contribution in [1.29, 1.82) is 0 Å². The molecule has 5 heteroatoms. The standard InChI is InChI=1S/C28H34Cl2NOP/c29-27(23-13-5-1-6-14-23)21-33(32,22-28(30)24-15-7-2-8-16-24)31(25-17-9-3-10-18-25)26-19-11-4-12-20-26/h1-2,5-8,13-16,21-22,25-26H,3-4,9-12,17-20H2/b27-21-,28-22+. The first-order chi connectivity index (χ1) is 16.1. The van der Waals surface area contributed by atoms with E-state index in [-0.39, 0.29) is 0 Å². The average molecular weight is 502 g/mol. The summed E-state index contributed by atoms with van der Waals surface area (Å²) in [6.07, 6.45) is 11.7. The molecule has 0 bridgehead atoms. The first-order valence-electron chi connectivity index (χ1n) is 12.3. The number of nitrogens with zero attached hydrogens (tertiary/aromatic N) is 1. The number of hydrogen-bond donors (Lipinski definition) is 0. The second-order valence-electron chi connectivity index (χ2n) is 9.32. The lowest BCUT2D eigenvalue weighted by Gasteiger charge is -2.44. The highest BCUT2D eigenvalue weighted by atomic mass is 35.5. The number of hydrogen-bond acceptors (Lipinski definition) is 1. The van der Waals surface area contributed by atoms with Crippen molar-refractivity contribution >= 4 is 40.6 Å². The Labute approximate surface area is 209 Å². The van der Waals surface area contributed by atoms with Gasteiger partial charge in [-0.2, -0.15) is 0 Å². The van der Waals surface area contributed by atoms with Crippen LogP contribution in [0.1, 0.15) is 75.3 Å². The van der Waals surface area contributed by atoms with Crippen molar-refractivity contribution < 1.29 is 4.57 Å². The van der Waals surface area contributed by atoms with E-state index in [1.807, 2.05) is 72.3 Å². The molecular weight excluding hydrogens is 468 g/mol. The van der Waals surface area contributed by atoms with E-state index >= 15 is 4.57 Å². The molecule has 2 fully saturated rings. The third kappa shape index (κ3) is 6.43. The predicted molar refractivity (Wildman–Crippen MR) is 144 cm³/mol. The molecule has 2 aliphatic rings. The minimum Gasteiger partial charge on any atom is -0.297 e. The van der Waals surface area contributed by atoms with Gasteiger partial charge in [0.05, 0.1) is 10.1 Å². The van der Waals surface area contributed by atoms with Crippen molar-refractivity contribution in [2.45, 2.75) is 76.3 Å². The molecule has 0 N–H and O–H groups in total. The van der Waals surface area contributed by atoms with Crippen molar-refractivity contribution in [3.63, 3.8) is 0 Å². The summed E-state index contributed by atoms with van der Waals surface area (Å²) < 4.78 is 17.4. The molecule has 0 radical (unpaired) electrons. The summed E-state index contributed by atoms with van der Waals surface area (Å²) in [7, 11) is -3.16. The molecule has 0 spiro atoms. The van der Waals surface area contributed by atoms with Gasteiger partial charge in [-0.05, 0) is 36.8 Å². The topological polar surface area (TPSA) is 20.3 Å². The first-order valence-corrected chi connectivity index (χ1v) is 14.9. The smallest absolute Gasteiger partial charge is 0.196 e. The molecule has 33 heavy (non-hydrogen) atoms. The van der Waals surface area contributed by atoms with Crippen LogP contribution in [0.15, 0.2) is 72.3 Å². The molecule has 4 rings (SSSR count). The molecule has 2 nitrogen and oxygen atoms in total. The van der Waals surface area contributed by atoms with Crippen LogP contribution in [0.2, 0.25) is 0 Å². The second kappa shape index (κ2) is 11.9. The predicted octanol–water partition coefficient (Wildman–Crippen LogP) is 9.71. The van der Waals surface area contributed by atoms with E-state index in [1.54, 1.807) is 0 Å². The quantitative estimate of drug-likeness (QED) is 0.351. The Kier molecular flexibility index (Phi) is 8.94. The van der Waals surface area contributed by atoms with Gasteiger partial charge in [0.1, 0.15) is 0 Å². The average Bonchev–Trinajstić information content (AvgIpc) is 2.86. The van der Waals surface area contributed by atoms with Gasteiger partial charge in [-0.25, -0.2) is 4.67 Å². The Balaban J connectivity index is 1.82. The van der Waals surface area contributed by atoms with Crippen LogP contribution < -0.4 is 0 Å². The Morgan fingerprint density at radius 2 is 1.03 bits per heavy atom. The summed E-state index contributed by atoms with van der Waals surface area (Å²) in [5.41, 5.74) is 1.77. The molecule has 176 valence electrons. The maximum atomic E-state index is 15.1. The van der Waals surface area contributed by atoms with Gasteiger partial charge in [-0.1, -0.05) is 122 Å². The monoisotopic (exact) mass is 501 g/mol. The van der Waals surface area contributed by atoms with Gasteiger partial charge < -0.3 is 0 Å². The molecular formula is C28H34Cl2NOP. The summed E-state index contributed by atoms with van der Waals surface area (Å²) in [6.45, 7) is 0. The van der Waals surface area contributed by atoms with Gasteiger partial charge in [0.25, 0.3) is 0 Å². The number of benzene rings is 2. The molecule has 0 amide bonds. The van der Waals surface area contributed by atoms with Crippen LogP contribution in [0, 0.1) is 0 Å². The molecule has 0 saturated heterocycles. The van der Waals surface area contributed by atoms with E-state index in [2.05, 4.69) is 4.67 Å². The van der Waals surface area contributed by atoms with Crippen LogP contribution in [0.5, 0.6) is 0 Å². The molecule has 1 atom stereocenters. The van der Waals surface area contributed by atoms with Gasteiger partial charge in [0.2, 0.25) is 0 Å². The summed E-state index contributed by atoms with van der Waals surface area (Å²) >= 11 is 13.7. The van der Waals surface area contributed by atoms with Crippen molar-refractivity contribution in [3.8, 4) is 0 Å². The minimum absolute atomic E-state index is 0.306. The maximum Gasteiger partial charge on any atom is 0.196 e. The fourth-order valence-corrected chi connectivity index (χ4v) is 9.20. The van der Waals surface area contributed by atoms with E-state index in [4.69, 9.17) is 23.2 Å². The normalized spacial score (nSPS) is 21.2. The summed E-state index contributed by atoms with van der Waals surface area (Å²) in [4.78, 5) is 0. The Bertz CT molecular complexity index is 916. The molecule has 0 aliphatic heterocycles. The largest absolute Gasteiger partial charge is 0.297 e. The minimum atomic E-state index is -3.16. The highest BCUT2D eigenvalue weighted by molar-refractivity contribution is 7.68. The Morgan fingerprint density at radius 3 is 1.39 bits per heavy atom. The molecule has 0 aromatic heterocycles. The first kappa shape index (κ1) is 24.8. The van der Waals surface area contributed by atoms with Gasteiger partial charge in [0.15, 0.2) is 7.29 Å². The number of halogens is 2. The zero-order valence-electron chi connectivity index (χ0n) is 19.2. The molecule has 2 saturated carbocycles. The van der Waals surface area contributed by atoms with Gasteiger partial charge in [0, 0.05) is 23.7 Å². The van der Waals surface area contributed by atoms with E-state index in [9.17, 15) is 0 Å². The lowest BCUT2D eigenvalue weighted by atomic mass is 9.91. The fourth-order valence-electron chi connectivity index (χ4n) is 5.34. The Morgan fingerprint density at radius 1 is 0.667 bits per heavy atom. The van der Waals surface area contributed by atoms with Crippen LogP contribution in [-0.4, -0.2) is 16.8 Å². The second-order valence-corrected chi connectivity index (χ2v) is 12.5. The third-order valence-electron chi connectivity index (χ3n) is 6.95. The zero-order valence-corrected chi connectivity index (χ0v) is 21.6. The zero-order chi connectivity index (χ0) is 23.1. The van der Waals surface area contributed by atoms with Crippen molar-refractivity contribution in [2.75, 3.05) is 0 Å². The molecule has 2 aromatic carbocycles. The van der Waals surface area contributed by atoms with Crippen LogP contribution in [0.4, 0.5) is 0 Å².